The molecule has 0 atom stereocenters. The molecule has 0 saturated carbocycles. The first-order valence-electron chi connectivity index (χ1n) is 5.03. The highest BCUT2D eigenvalue weighted by atomic mass is 16.5. The number of aliphatic hydroxyl groups is 1. The molecule has 0 heterocycles. The average Bonchev–Trinajstić information content (AvgIpc) is 2.18. The highest BCUT2D eigenvalue weighted by Crippen LogP contribution is 1.83. The lowest BCUT2D eigenvalue weighted by Crippen LogP contribution is -2.32. The van der Waals surface area contributed by atoms with Crippen LogP contribution in [0.15, 0.2) is 4.99 Å². The van der Waals surface area contributed by atoms with Crippen LogP contribution in [0.4, 0.5) is 0 Å². The maximum absolute atomic E-state index is 8.52. The van der Waals surface area contributed by atoms with E-state index >= 15 is 0 Å². The third-order valence-corrected chi connectivity index (χ3v) is 1.57. The molecule has 4 N–H and O–H groups in total. The molecule has 0 amide bonds. The van der Waals surface area contributed by atoms with Gasteiger partial charge in [0.25, 0.3) is 0 Å². The Balaban J connectivity index is 3.27. The van der Waals surface area contributed by atoms with E-state index in [2.05, 4.69) is 10.3 Å². The molecule has 0 spiro atoms. The maximum atomic E-state index is 8.52. The Bertz CT molecular complexity index is 151. The fourth-order valence-corrected chi connectivity index (χ4v) is 0.862. The number of aliphatic imine (C=N–C) groups is 1. The van der Waals surface area contributed by atoms with Crippen molar-refractivity contribution < 1.29 is 9.84 Å². The first kappa shape index (κ1) is 13.2. The molecule has 0 saturated heterocycles. The van der Waals surface area contributed by atoms with E-state index in [1.54, 1.807) is 0 Å². The van der Waals surface area contributed by atoms with E-state index in [1.165, 1.54) is 0 Å². The summed E-state index contributed by atoms with van der Waals surface area (Å²) in [6, 6.07) is 0. The fourth-order valence-electron chi connectivity index (χ4n) is 0.862. The van der Waals surface area contributed by atoms with Gasteiger partial charge in [0.05, 0.1) is 0 Å². The highest BCUT2D eigenvalue weighted by molar-refractivity contribution is 5.77. The van der Waals surface area contributed by atoms with Crippen molar-refractivity contribution in [2.75, 3.05) is 32.9 Å². The minimum absolute atomic E-state index is 0.171. The zero-order chi connectivity index (χ0) is 10.6. The van der Waals surface area contributed by atoms with Crippen molar-refractivity contribution in [3.63, 3.8) is 0 Å². The van der Waals surface area contributed by atoms with E-state index in [0.29, 0.717) is 25.5 Å². The van der Waals surface area contributed by atoms with Gasteiger partial charge in [0.15, 0.2) is 5.96 Å². The van der Waals surface area contributed by atoms with E-state index in [-0.39, 0.29) is 6.61 Å². The Labute approximate surface area is 85.4 Å². The molecular formula is C9H21N3O2. The zero-order valence-corrected chi connectivity index (χ0v) is 8.83. The van der Waals surface area contributed by atoms with Crippen LogP contribution in [0.5, 0.6) is 0 Å². The van der Waals surface area contributed by atoms with Gasteiger partial charge in [-0.25, -0.2) is 0 Å². The number of hydrogen-bond donors (Lipinski definition) is 3. The zero-order valence-electron chi connectivity index (χ0n) is 8.83. The van der Waals surface area contributed by atoms with Crippen LogP contribution in [0.1, 0.15) is 19.8 Å². The van der Waals surface area contributed by atoms with Crippen LogP contribution in [-0.4, -0.2) is 44.0 Å². The molecule has 0 aromatic carbocycles. The highest BCUT2D eigenvalue weighted by Gasteiger charge is 1.90. The predicted octanol–water partition coefficient (Wildman–Crippen LogP) is -0.300. The van der Waals surface area contributed by atoms with Gasteiger partial charge in [-0.05, 0) is 19.8 Å². The Hall–Kier alpha value is -0.810. The van der Waals surface area contributed by atoms with Crippen LogP contribution in [0.2, 0.25) is 0 Å². The Morgan fingerprint density at radius 3 is 2.93 bits per heavy atom. The second-order valence-electron chi connectivity index (χ2n) is 2.82. The quantitative estimate of drug-likeness (QED) is 0.287. The monoisotopic (exact) mass is 203 g/mol. The van der Waals surface area contributed by atoms with Gasteiger partial charge in [0.2, 0.25) is 0 Å². The summed E-state index contributed by atoms with van der Waals surface area (Å²) in [5.74, 6) is 0.440. The fraction of sp³-hybridized carbons (Fsp3) is 0.889. The van der Waals surface area contributed by atoms with Crippen molar-refractivity contribution in [3.05, 3.63) is 0 Å². The number of aliphatic hydroxyl groups excluding tert-OH is 1. The van der Waals surface area contributed by atoms with Crippen molar-refractivity contribution in [1.29, 1.82) is 0 Å². The van der Waals surface area contributed by atoms with Gasteiger partial charge in [-0.1, -0.05) is 0 Å². The number of nitrogens with one attached hydrogen (secondary N) is 1. The van der Waals surface area contributed by atoms with Crippen molar-refractivity contribution >= 4 is 5.96 Å². The van der Waals surface area contributed by atoms with Gasteiger partial charge in [-0.3, -0.25) is 4.99 Å². The Kier molecular flexibility index (Phi) is 9.68. The number of guanidine groups is 1. The average molecular weight is 203 g/mol. The summed E-state index contributed by atoms with van der Waals surface area (Å²) < 4.78 is 5.15. The molecule has 14 heavy (non-hydrogen) atoms. The molecule has 5 nitrogen and oxygen atoms in total. The Morgan fingerprint density at radius 1 is 1.50 bits per heavy atom. The summed E-state index contributed by atoms with van der Waals surface area (Å²) in [6.45, 7) is 4.95. The van der Waals surface area contributed by atoms with Gasteiger partial charge in [0, 0.05) is 32.9 Å². The molecule has 0 aliphatic heterocycles. The predicted molar refractivity (Wildman–Crippen MR) is 57.3 cm³/mol. The van der Waals surface area contributed by atoms with Crippen LogP contribution in [-0.2, 0) is 4.74 Å². The van der Waals surface area contributed by atoms with Crippen LogP contribution < -0.4 is 11.1 Å². The van der Waals surface area contributed by atoms with Crippen LogP contribution in [0.25, 0.3) is 0 Å². The van der Waals surface area contributed by atoms with E-state index in [0.717, 1.165) is 19.6 Å². The number of rotatable bonds is 8. The Morgan fingerprint density at radius 2 is 2.29 bits per heavy atom. The molecular weight excluding hydrogens is 182 g/mol. The third kappa shape index (κ3) is 9.28. The molecule has 0 fully saturated rings. The molecule has 0 rings (SSSR count). The lowest BCUT2D eigenvalue weighted by atomic mass is 10.4. The molecule has 0 unspecified atom stereocenters. The van der Waals surface area contributed by atoms with E-state index < -0.39 is 0 Å². The van der Waals surface area contributed by atoms with Crippen molar-refractivity contribution in [3.8, 4) is 0 Å². The minimum atomic E-state index is 0.171. The number of nitrogens with two attached hydrogens (primary N) is 1. The molecule has 0 aromatic rings. The summed E-state index contributed by atoms with van der Waals surface area (Å²) in [5.41, 5.74) is 5.55. The second kappa shape index (κ2) is 10.3. The normalized spacial score (nSPS) is 11.7. The number of hydrogen-bond acceptors (Lipinski definition) is 3. The van der Waals surface area contributed by atoms with Crippen LogP contribution in [0.3, 0.4) is 0 Å². The lowest BCUT2D eigenvalue weighted by Gasteiger charge is -2.03. The lowest BCUT2D eigenvalue weighted by molar-refractivity contribution is 0.146. The van der Waals surface area contributed by atoms with Crippen molar-refractivity contribution in [2.45, 2.75) is 19.8 Å². The summed E-state index contributed by atoms with van der Waals surface area (Å²) in [5, 5.41) is 11.4. The van der Waals surface area contributed by atoms with Gasteiger partial charge in [0.1, 0.15) is 0 Å². The van der Waals surface area contributed by atoms with Crippen molar-refractivity contribution in [1.82, 2.24) is 5.32 Å². The topological polar surface area (TPSA) is 79.9 Å². The summed E-state index contributed by atoms with van der Waals surface area (Å²) in [6.07, 6.45) is 1.57. The largest absolute Gasteiger partial charge is 0.396 e. The molecule has 0 radical (unpaired) electrons. The van der Waals surface area contributed by atoms with E-state index in [1.807, 2.05) is 6.92 Å². The van der Waals surface area contributed by atoms with Crippen molar-refractivity contribution in [2.24, 2.45) is 10.7 Å². The standard InChI is InChI=1S/C9H21N3O2/c1-2-14-8-4-6-12-9(10)11-5-3-7-13/h13H,2-8H2,1H3,(H3,10,11,12). The third-order valence-electron chi connectivity index (χ3n) is 1.57. The van der Waals surface area contributed by atoms with Gasteiger partial charge >= 0.3 is 0 Å². The molecule has 5 heteroatoms. The second-order valence-corrected chi connectivity index (χ2v) is 2.82. The number of ether oxygens (including phenoxy) is 1. The molecule has 0 aliphatic rings. The summed E-state index contributed by atoms with van der Waals surface area (Å²) in [7, 11) is 0. The van der Waals surface area contributed by atoms with Gasteiger partial charge < -0.3 is 20.9 Å². The van der Waals surface area contributed by atoms with E-state index in [4.69, 9.17) is 15.6 Å². The smallest absolute Gasteiger partial charge is 0.188 e. The molecule has 0 aromatic heterocycles. The minimum Gasteiger partial charge on any atom is -0.396 e. The SMILES string of the molecule is CCOCCCN=C(N)NCCCO. The summed E-state index contributed by atoms with van der Waals surface area (Å²) in [4.78, 5) is 4.09. The number of nitrogens with zero attached hydrogens (tertiary/aromatic N) is 1. The first-order valence-corrected chi connectivity index (χ1v) is 5.03. The first-order chi connectivity index (χ1) is 6.81. The van der Waals surface area contributed by atoms with Gasteiger partial charge in [-0.2, -0.15) is 0 Å². The van der Waals surface area contributed by atoms with Crippen LogP contribution in [0, 0.1) is 0 Å². The maximum Gasteiger partial charge on any atom is 0.188 e. The molecule has 84 valence electrons. The van der Waals surface area contributed by atoms with Crippen LogP contribution >= 0.6 is 0 Å². The molecule has 0 aliphatic carbocycles. The van der Waals surface area contributed by atoms with E-state index in [9.17, 15) is 0 Å². The molecule has 0 bridgehead atoms. The summed E-state index contributed by atoms with van der Waals surface area (Å²) >= 11 is 0. The van der Waals surface area contributed by atoms with Gasteiger partial charge in [-0.15, -0.1) is 0 Å².